The Morgan fingerprint density at radius 1 is 1.12 bits per heavy atom. The number of anilines is 1. The molecule has 0 spiro atoms. The summed E-state index contributed by atoms with van der Waals surface area (Å²) in [5.41, 5.74) is 0.241. The number of benzene rings is 1. The van der Waals surface area contributed by atoms with Gasteiger partial charge in [0.15, 0.2) is 0 Å². The largest absolute Gasteiger partial charge is 0.264 e. The normalized spacial score (nSPS) is 20.4. The van der Waals surface area contributed by atoms with Crippen LogP contribution in [0.3, 0.4) is 0 Å². The van der Waals surface area contributed by atoms with Gasteiger partial charge in [0.25, 0.3) is 10.0 Å². The highest BCUT2D eigenvalue weighted by molar-refractivity contribution is 7.94. The Bertz CT molecular complexity index is 984. The van der Waals surface area contributed by atoms with Gasteiger partial charge in [-0.2, -0.15) is 0 Å². The molecule has 1 aromatic heterocycles. The Kier molecular flexibility index (Phi) is 4.56. The van der Waals surface area contributed by atoms with Crippen LogP contribution in [0.15, 0.2) is 38.7 Å². The van der Waals surface area contributed by atoms with Crippen LogP contribution in [0.5, 0.6) is 0 Å². The van der Waals surface area contributed by atoms with Crippen molar-refractivity contribution in [3.63, 3.8) is 0 Å². The molecule has 2 aromatic rings. The Labute approximate surface area is 145 Å². The molecule has 11 heteroatoms. The first kappa shape index (κ1) is 17.8. The quantitative estimate of drug-likeness (QED) is 0.732. The molecule has 0 aliphatic heterocycles. The van der Waals surface area contributed by atoms with Crippen molar-refractivity contribution in [2.75, 3.05) is 4.72 Å². The van der Waals surface area contributed by atoms with E-state index in [1.54, 1.807) is 0 Å². The lowest BCUT2D eigenvalue weighted by Gasteiger charge is -2.12. The molecule has 1 heterocycles. The van der Waals surface area contributed by atoms with Gasteiger partial charge in [-0.25, -0.2) is 26.2 Å². The molecule has 0 radical (unpaired) electrons. The van der Waals surface area contributed by atoms with Gasteiger partial charge in [0, 0.05) is 6.04 Å². The summed E-state index contributed by atoms with van der Waals surface area (Å²) in [6, 6.07) is 5.26. The smallest absolute Gasteiger partial charge is 0.259 e. The molecule has 0 amide bonds. The third-order valence-electron chi connectivity index (χ3n) is 4.07. The summed E-state index contributed by atoms with van der Waals surface area (Å²) in [6.45, 7) is 3.49. The molecule has 2 N–H and O–H groups in total. The number of sulfonamides is 2. The van der Waals surface area contributed by atoms with E-state index in [1.165, 1.54) is 31.2 Å². The number of aryl methyl sites for hydroxylation is 1. The Balaban J connectivity index is 1.94. The van der Waals surface area contributed by atoms with Crippen molar-refractivity contribution in [2.45, 2.75) is 42.5 Å². The summed E-state index contributed by atoms with van der Waals surface area (Å²) in [6.07, 6.45) is 1.62. The molecule has 2 atom stereocenters. The zero-order chi connectivity index (χ0) is 18.2. The maximum absolute atomic E-state index is 12.6. The van der Waals surface area contributed by atoms with Crippen molar-refractivity contribution in [1.29, 1.82) is 0 Å². The van der Waals surface area contributed by atoms with Gasteiger partial charge in [-0.15, -0.1) is 0 Å². The second kappa shape index (κ2) is 6.39. The van der Waals surface area contributed by atoms with Crippen molar-refractivity contribution < 1.29 is 21.5 Å². The number of aromatic nitrogens is 2. The molecule has 25 heavy (non-hydrogen) atoms. The van der Waals surface area contributed by atoms with Crippen LogP contribution in [0, 0.1) is 12.8 Å². The van der Waals surface area contributed by atoms with Gasteiger partial charge < -0.3 is 0 Å². The van der Waals surface area contributed by atoms with E-state index in [0.29, 0.717) is 5.92 Å². The third kappa shape index (κ3) is 3.67. The topological polar surface area (TPSA) is 131 Å². The minimum atomic E-state index is -4.19. The van der Waals surface area contributed by atoms with Gasteiger partial charge in [0.2, 0.25) is 15.8 Å². The first-order valence-corrected chi connectivity index (χ1v) is 10.6. The van der Waals surface area contributed by atoms with E-state index >= 15 is 0 Å². The summed E-state index contributed by atoms with van der Waals surface area (Å²) in [5.74, 6) is 0.203. The van der Waals surface area contributed by atoms with Crippen molar-refractivity contribution in [2.24, 2.45) is 5.92 Å². The predicted octanol–water partition coefficient (Wildman–Crippen LogP) is 1.26. The van der Waals surface area contributed by atoms with Crippen LogP contribution >= 0.6 is 0 Å². The van der Waals surface area contributed by atoms with E-state index in [4.69, 9.17) is 0 Å². The van der Waals surface area contributed by atoms with Gasteiger partial charge in [0.05, 0.1) is 0 Å². The SMILES string of the molecule is CC[C@@H]1C[C@H]1NS(=O)(=O)c1ccccc1S(=O)(=O)Nc1nonc1C. The molecule has 0 bridgehead atoms. The summed E-state index contributed by atoms with van der Waals surface area (Å²) < 4.78 is 59.7. The molecule has 1 saturated carbocycles. The Morgan fingerprint density at radius 2 is 1.76 bits per heavy atom. The monoisotopic (exact) mass is 386 g/mol. The fourth-order valence-corrected chi connectivity index (χ4v) is 5.71. The van der Waals surface area contributed by atoms with Gasteiger partial charge in [-0.3, -0.25) is 4.72 Å². The molecule has 0 unspecified atom stereocenters. The number of nitrogens with zero attached hydrogens (tertiary/aromatic N) is 2. The van der Waals surface area contributed by atoms with Gasteiger partial charge in [0.1, 0.15) is 15.5 Å². The average Bonchev–Trinajstić information content (AvgIpc) is 3.19. The summed E-state index contributed by atoms with van der Waals surface area (Å²) in [7, 11) is -8.16. The van der Waals surface area contributed by atoms with E-state index in [2.05, 4.69) is 24.4 Å². The standard InChI is InChI=1S/C14H18N4O5S2/c1-3-10-8-11(10)17-24(19,20)12-6-4-5-7-13(12)25(21,22)18-14-9(2)15-23-16-14/h4-7,10-11,17H,3,8H2,1-2H3,(H,16,18)/t10-,11-/m1/s1. The molecule has 136 valence electrons. The van der Waals surface area contributed by atoms with Crippen LogP contribution in [0.2, 0.25) is 0 Å². The highest BCUT2D eigenvalue weighted by Gasteiger charge is 2.40. The number of rotatable bonds is 7. The van der Waals surface area contributed by atoms with Crippen LogP contribution in [-0.2, 0) is 20.0 Å². The van der Waals surface area contributed by atoms with E-state index in [0.717, 1.165) is 12.8 Å². The molecule has 1 aliphatic rings. The van der Waals surface area contributed by atoms with Crippen molar-refractivity contribution >= 4 is 25.9 Å². The van der Waals surface area contributed by atoms with Gasteiger partial charge in [-0.05, 0) is 36.6 Å². The molecule has 1 fully saturated rings. The highest BCUT2D eigenvalue weighted by Crippen LogP contribution is 2.35. The first-order chi connectivity index (χ1) is 11.7. The highest BCUT2D eigenvalue weighted by atomic mass is 32.2. The molecule has 1 aromatic carbocycles. The van der Waals surface area contributed by atoms with Crippen molar-refractivity contribution in [3.05, 3.63) is 30.0 Å². The van der Waals surface area contributed by atoms with Gasteiger partial charge in [-0.1, -0.05) is 30.6 Å². The Morgan fingerprint density at radius 3 is 2.28 bits per heavy atom. The average molecular weight is 386 g/mol. The fraction of sp³-hybridized carbons (Fsp3) is 0.429. The lowest BCUT2D eigenvalue weighted by Crippen LogP contribution is -2.29. The zero-order valence-corrected chi connectivity index (χ0v) is 15.3. The molecular weight excluding hydrogens is 368 g/mol. The molecular formula is C14H18N4O5S2. The second-order valence-electron chi connectivity index (χ2n) is 5.88. The Hall–Kier alpha value is -1.98. The molecule has 9 nitrogen and oxygen atoms in total. The summed E-state index contributed by atoms with van der Waals surface area (Å²) in [5, 5.41) is 6.94. The third-order valence-corrected chi connectivity index (χ3v) is 7.14. The van der Waals surface area contributed by atoms with Crippen molar-refractivity contribution in [1.82, 2.24) is 15.0 Å². The van der Waals surface area contributed by atoms with Crippen LogP contribution in [0.1, 0.15) is 25.5 Å². The number of hydrogen-bond acceptors (Lipinski definition) is 7. The van der Waals surface area contributed by atoms with Crippen LogP contribution in [0.4, 0.5) is 5.82 Å². The van der Waals surface area contributed by atoms with Crippen LogP contribution in [-0.4, -0.2) is 33.2 Å². The van der Waals surface area contributed by atoms with Crippen LogP contribution in [0.25, 0.3) is 0 Å². The van der Waals surface area contributed by atoms with E-state index in [9.17, 15) is 16.8 Å². The van der Waals surface area contributed by atoms with E-state index in [-0.39, 0.29) is 27.3 Å². The number of nitrogens with one attached hydrogen (secondary N) is 2. The van der Waals surface area contributed by atoms with Crippen LogP contribution < -0.4 is 9.44 Å². The fourth-order valence-electron chi connectivity index (χ4n) is 2.51. The molecule has 0 saturated heterocycles. The predicted molar refractivity (Wildman–Crippen MR) is 88.8 cm³/mol. The first-order valence-electron chi connectivity index (χ1n) is 7.68. The van der Waals surface area contributed by atoms with E-state index < -0.39 is 20.0 Å². The maximum atomic E-state index is 12.6. The van der Waals surface area contributed by atoms with E-state index in [1.807, 2.05) is 6.92 Å². The van der Waals surface area contributed by atoms with Gasteiger partial charge >= 0.3 is 0 Å². The second-order valence-corrected chi connectivity index (χ2v) is 9.22. The summed E-state index contributed by atoms with van der Waals surface area (Å²) in [4.78, 5) is -0.669. The zero-order valence-electron chi connectivity index (χ0n) is 13.6. The van der Waals surface area contributed by atoms with Crippen molar-refractivity contribution in [3.8, 4) is 0 Å². The minimum absolute atomic E-state index is 0.0894. The molecule has 1 aliphatic carbocycles. The minimum Gasteiger partial charge on any atom is -0.259 e. The summed E-state index contributed by atoms with van der Waals surface area (Å²) >= 11 is 0. The number of hydrogen-bond donors (Lipinski definition) is 2. The maximum Gasteiger partial charge on any atom is 0.264 e. The lowest BCUT2D eigenvalue weighted by atomic mass is 10.3. The molecule has 3 rings (SSSR count). The lowest BCUT2D eigenvalue weighted by molar-refractivity contribution is 0.306.